The van der Waals surface area contributed by atoms with E-state index in [1.165, 1.54) is 16.7 Å². The molecule has 0 saturated heterocycles. The van der Waals surface area contributed by atoms with Gasteiger partial charge in [-0.25, -0.2) is 14.5 Å². The summed E-state index contributed by atoms with van der Waals surface area (Å²) >= 11 is 0. The summed E-state index contributed by atoms with van der Waals surface area (Å²) in [4.78, 5) is 8.21. The number of hydrogen-bond acceptors (Lipinski definition) is 2. The Morgan fingerprint density at radius 3 is 2.10 bits per heavy atom. The molecule has 0 atom stereocenters. The van der Waals surface area contributed by atoms with Crippen LogP contribution in [0, 0.1) is 34.3 Å². The van der Waals surface area contributed by atoms with E-state index in [4.69, 9.17) is 16.7 Å². The van der Waals surface area contributed by atoms with Gasteiger partial charge in [0.05, 0.1) is 12.3 Å². The van der Waals surface area contributed by atoms with Gasteiger partial charge in [-0.1, -0.05) is 60.2 Å². The highest BCUT2D eigenvalue weighted by atomic mass is 15.4. The highest BCUT2D eigenvalue weighted by Crippen LogP contribution is 2.30. The minimum atomic E-state index is 0.644. The third-order valence-corrected chi connectivity index (χ3v) is 5.01. The van der Waals surface area contributed by atoms with Crippen LogP contribution in [0.4, 0.5) is 5.69 Å². The Morgan fingerprint density at radius 2 is 1.45 bits per heavy atom. The molecular weight excluding hydrogens is 356 g/mol. The lowest BCUT2D eigenvalue weighted by Gasteiger charge is -2.14. The highest BCUT2D eigenvalue weighted by molar-refractivity contribution is 5.72. The van der Waals surface area contributed by atoms with E-state index in [-0.39, 0.29) is 0 Å². The van der Waals surface area contributed by atoms with Gasteiger partial charge in [0.15, 0.2) is 11.5 Å². The third kappa shape index (κ3) is 3.55. The van der Waals surface area contributed by atoms with Crippen LogP contribution in [-0.2, 0) is 0 Å². The molecule has 0 saturated carbocycles. The molecule has 4 nitrogen and oxygen atoms in total. The van der Waals surface area contributed by atoms with Gasteiger partial charge in [0.1, 0.15) is 5.82 Å². The van der Waals surface area contributed by atoms with E-state index in [2.05, 4.69) is 55.9 Å². The van der Waals surface area contributed by atoms with Gasteiger partial charge in [-0.15, -0.1) is 0 Å². The van der Waals surface area contributed by atoms with Crippen LogP contribution in [0.25, 0.3) is 33.0 Å². The summed E-state index contributed by atoms with van der Waals surface area (Å²) in [6.45, 7) is 15.4. The summed E-state index contributed by atoms with van der Waals surface area (Å²) in [5.41, 5.74) is 8.50. The van der Waals surface area contributed by atoms with Crippen molar-refractivity contribution in [3.63, 3.8) is 0 Å². The average Bonchev–Trinajstić information content (AvgIpc) is 3.08. The molecule has 0 aliphatic rings. The van der Waals surface area contributed by atoms with E-state index in [0.717, 1.165) is 34.0 Å². The lowest BCUT2D eigenvalue weighted by atomic mass is 10.0. The van der Waals surface area contributed by atoms with Gasteiger partial charge in [0.25, 0.3) is 0 Å². The lowest BCUT2D eigenvalue weighted by Crippen LogP contribution is -2.05. The standard InChI is InChI=1S/C25H22N4/c1-16-13-17(2)24(18(3)14-16)29-25(27-19(4)28-29)22-8-6-7-21(15-22)20-9-11-23(26-5)12-10-20/h6-15H,1-4H3. The van der Waals surface area contributed by atoms with E-state index in [9.17, 15) is 0 Å². The SMILES string of the molecule is [C-]#[N+]c1ccc(-c2cccc(-c3nc(C)nn3-c3c(C)cc(C)cc3C)c2)cc1. The predicted molar refractivity (Wildman–Crippen MR) is 117 cm³/mol. The average molecular weight is 378 g/mol. The van der Waals surface area contributed by atoms with Crippen molar-refractivity contribution in [2.24, 2.45) is 0 Å². The number of rotatable bonds is 3. The van der Waals surface area contributed by atoms with E-state index in [1.807, 2.05) is 41.9 Å². The summed E-state index contributed by atoms with van der Waals surface area (Å²) in [6.07, 6.45) is 0. The number of hydrogen-bond donors (Lipinski definition) is 0. The van der Waals surface area contributed by atoms with Crippen molar-refractivity contribution < 1.29 is 0 Å². The first-order valence-corrected chi connectivity index (χ1v) is 9.56. The molecule has 3 aromatic carbocycles. The Bertz CT molecular complexity index is 1220. The van der Waals surface area contributed by atoms with Gasteiger partial charge < -0.3 is 0 Å². The fourth-order valence-corrected chi connectivity index (χ4v) is 3.83. The van der Waals surface area contributed by atoms with Crippen molar-refractivity contribution in [3.05, 3.63) is 94.6 Å². The second kappa shape index (κ2) is 7.37. The van der Waals surface area contributed by atoms with E-state index in [0.29, 0.717) is 5.69 Å². The smallest absolute Gasteiger partial charge is 0.187 e. The molecule has 0 radical (unpaired) electrons. The topological polar surface area (TPSA) is 35.1 Å². The molecule has 0 fully saturated rings. The molecule has 4 heteroatoms. The minimum Gasteiger partial charge on any atom is -0.238 e. The molecule has 0 aliphatic carbocycles. The van der Waals surface area contributed by atoms with E-state index >= 15 is 0 Å². The van der Waals surface area contributed by atoms with Crippen LogP contribution >= 0.6 is 0 Å². The first-order chi connectivity index (χ1) is 14.0. The molecule has 0 spiro atoms. The molecule has 0 unspecified atom stereocenters. The fourth-order valence-electron chi connectivity index (χ4n) is 3.83. The van der Waals surface area contributed by atoms with E-state index in [1.54, 1.807) is 0 Å². The molecule has 0 bridgehead atoms. The van der Waals surface area contributed by atoms with Crippen LogP contribution < -0.4 is 0 Å². The zero-order valence-electron chi connectivity index (χ0n) is 17.1. The molecule has 142 valence electrons. The monoisotopic (exact) mass is 378 g/mol. The summed E-state index contributed by atoms with van der Waals surface area (Å²) < 4.78 is 1.96. The Hall–Kier alpha value is -3.71. The summed E-state index contributed by atoms with van der Waals surface area (Å²) in [6, 6.07) is 20.3. The number of nitrogens with zero attached hydrogens (tertiary/aromatic N) is 4. The first-order valence-electron chi connectivity index (χ1n) is 9.56. The maximum Gasteiger partial charge on any atom is 0.187 e. The van der Waals surface area contributed by atoms with Crippen LogP contribution in [0.15, 0.2) is 60.7 Å². The highest BCUT2D eigenvalue weighted by Gasteiger charge is 2.16. The van der Waals surface area contributed by atoms with Gasteiger partial charge in [-0.3, -0.25) is 0 Å². The minimum absolute atomic E-state index is 0.644. The van der Waals surface area contributed by atoms with Crippen molar-refractivity contribution in [2.45, 2.75) is 27.7 Å². The molecule has 1 heterocycles. The van der Waals surface area contributed by atoms with E-state index < -0.39 is 0 Å². The molecule has 4 aromatic rings. The third-order valence-electron chi connectivity index (χ3n) is 5.01. The van der Waals surface area contributed by atoms with Crippen LogP contribution in [0.5, 0.6) is 0 Å². The van der Waals surface area contributed by atoms with Crippen molar-refractivity contribution >= 4 is 5.69 Å². The van der Waals surface area contributed by atoms with Crippen LogP contribution in [0.1, 0.15) is 22.5 Å². The van der Waals surface area contributed by atoms with Gasteiger partial charge >= 0.3 is 0 Å². The Morgan fingerprint density at radius 1 is 0.793 bits per heavy atom. The molecule has 4 rings (SSSR count). The maximum absolute atomic E-state index is 7.13. The van der Waals surface area contributed by atoms with Crippen LogP contribution in [0.3, 0.4) is 0 Å². The second-order valence-electron chi connectivity index (χ2n) is 7.38. The summed E-state index contributed by atoms with van der Waals surface area (Å²) in [5, 5.41) is 4.71. The maximum atomic E-state index is 7.13. The Kier molecular flexibility index (Phi) is 4.74. The Labute approximate surface area is 171 Å². The number of aromatic nitrogens is 3. The summed E-state index contributed by atoms with van der Waals surface area (Å²) in [5.74, 6) is 1.57. The zero-order chi connectivity index (χ0) is 20.5. The molecule has 1 aromatic heterocycles. The Balaban J connectivity index is 1.84. The van der Waals surface area contributed by atoms with Gasteiger partial charge in [-0.05, 0) is 56.0 Å². The first kappa shape index (κ1) is 18.6. The lowest BCUT2D eigenvalue weighted by molar-refractivity contribution is 0.854. The quantitative estimate of drug-likeness (QED) is 0.387. The van der Waals surface area contributed by atoms with Gasteiger partial charge in [0, 0.05) is 5.56 Å². The molecule has 29 heavy (non-hydrogen) atoms. The second-order valence-corrected chi connectivity index (χ2v) is 7.38. The van der Waals surface area contributed by atoms with Crippen molar-refractivity contribution in [1.82, 2.24) is 14.8 Å². The number of aryl methyl sites for hydroxylation is 4. The molecule has 0 amide bonds. The number of benzene rings is 3. The van der Waals surface area contributed by atoms with Gasteiger partial charge in [0.2, 0.25) is 0 Å². The normalized spacial score (nSPS) is 10.7. The largest absolute Gasteiger partial charge is 0.238 e. The molecule has 0 N–H and O–H groups in total. The molecule has 0 aliphatic heterocycles. The van der Waals surface area contributed by atoms with Crippen LogP contribution in [0.2, 0.25) is 0 Å². The van der Waals surface area contributed by atoms with Crippen molar-refractivity contribution in [3.8, 4) is 28.2 Å². The van der Waals surface area contributed by atoms with Gasteiger partial charge in [-0.2, -0.15) is 5.10 Å². The molecular formula is C25H22N4. The predicted octanol–water partition coefficient (Wildman–Crippen LogP) is 6.39. The fraction of sp³-hybridized carbons (Fsp3) is 0.160. The van der Waals surface area contributed by atoms with Crippen molar-refractivity contribution in [2.75, 3.05) is 0 Å². The van der Waals surface area contributed by atoms with Crippen LogP contribution in [-0.4, -0.2) is 14.8 Å². The summed E-state index contributed by atoms with van der Waals surface area (Å²) in [7, 11) is 0. The van der Waals surface area contributed by atoms with Crippen molar-refractivity contribution in [1.29, 1.82) is 0 Å². The zero-order valence-corrected chi connectivity index (χ0v) is 17.1.